The number of nitrogens with one attached hydrogen (secondary N) is 1. The SMILES string of the molecule is CC(=O)NC(Cc1ccccc1F)C(=O)N1CCC(c2nccn2CCCCOCc2ccccc2)CC1. The normalized spacial score (nSPS) is 14.8. The molecular formula is C30H37FN4O3. The number of aromatic nitrogens is 2. The van der Waals surface area contributed by atoms with Crippen LogP contribution in [0.25, 0.3) is 0 Å². The Balaban J connectivity index is 1.24. The van der Waals surface area contributed by atoms with Gasteiger partial charge in [0.25, 0.3) is 0 Å². The van der Waals surface area contributed by atoms with Crippen LogP contribution in [0.4, 0.5) is 4.39 Å². The van der Waals surface area contributed by atoms with Crippen LogP contribution in [0.5, 0.6) is 0 Å². The summed E-state index contributed by atoms with van der Waals surface area (Å²) < 4.78 is 22.2. The maximum absolute atomic E-state index is 14.2. The third kappa shape index (κ3) is 7.74. The summed E-state index contributed by atoms with van der Waals surface area (Å²) in [6.45, 7) is 4.78. The number of carbonyl (C=O) groups excluding carboxylic acids is 2. The average molecular weight is 521 g/mol. The fourth-order valence-electron chi connectivity index (χ4n) is 5.03. The van der Waals surface area contributed by atoms with Crippen LogP contribution < -0.4 is 5.32 Å². The van der Waals surface area contributed by atoms with Crippen LogP contribution in [0.2, 0.25) is 0 Å². The van der Waals surface area contributed by atoms with Crippen LogP contribution in [0.15, 0.2) is 67.0 Å². The number of piperidine rings is 1. The molecule has 0 saturated carbocycles. The van der Waals surface area contributed by atoms with Gasteiger partial charge >= 0.3 is 0 Å². The van der Waals surface area contributed by atoms with Crippen molar-refractivity contribution in [3.63, 3.8) is 0 Å². The number of hydrogen-bond donors (Lipinski definition) is 1. The van der Waals surface area contributed by atoms with Gasteiger partial charge in [-0.15, -0.1) is 0 Å². The van der Waals surface area contributed by atoms with Gasteiger partial charge in [0.15, 0.2) is 0 Å². The molecule has 1 aromatic heterocycles. The zero-order valence-electron chi connectivity index (χ0n) is 22.0. The lowest BCUT2D eigenvalue weighted by Crippen LogP contribution is -2.51. The van der Waals surface area contributed by atoms with Gasteiger partial charge in [0.1, 0.15) is 17.7 Å². The van der Waals surface area contributed by atoms with Gasteiger partial charge in [-0.1, -0.05) is 48.5 Å². The Bertz CT molecular complexity index is 1180. The van der Waals surface area contributed by atoms with Crippen molar-refractivity contribution in [3.8, 4) is 0 Å². The quantitative estimate of drug-likeness (QED) is 0.358. The van der Waals surface area contributed by atoms with Crippen molar-refractivity contribution in [2.45, 2.75) is 64.1 Å². The molecule has 38 heavy (non-hydrogen) atoms. The number of imidazole rings is 1. The number of benzene rings is 2. The highest BCUT2D eigenvalue weighted by Crippen LogP contribution is 2.28. The molecule has 4 rings (SSSR count). The Morgan fingerprint density at radius 3 is 2.55 bits per heavy atom. The number of nitrogens with zero attached hydrogens (tertiary/aromatic N) is 3. The van der Waals surface area contributed by atoms with Crippen molar-refractivity contribution >= 4 is 11.8 Å². The van der Waals surface area contributed by atoms with E-state index in [2.05, 4.69) is 27.0 Å². The molecular weight excluding hydrogens is 483 g/mol. The third-order valence-corrected chi connectivity index (χ3v) is 7.03. The molecule has 0 bridgehead atoms. The summed E-state index contributed by atoms with van der Waals surface area (Å²) in [5.41, 5.74) is 1.60. The van der Waals surface area contributed by atoms with E-state index in [4.69, 9.17) is 4.74 Å². The summed E-state index contributed by atoms with van der Waals surface area (Å²) in [6.07, 6.45) is 7.59. The number of ether oxygens (including phenoxy) is 1. The van der Waals surface area contributed by atoms with E-state index >= 15 is 0 Å². The summed E-state index contributed by atoms with van der Waals surface area (Å²) in [5, 5.41) is 2.72. The third-order valence-electron chi connectivity index (χ3n) is 7.03. The second-order valence-corrected chi connectivity index (χ2v) is 9.87. The van der Waals surface area contributed by atoms with Gasteiger partial charge in [-0.25, -0.2) is 9.37 Å². The fraction of sp³-hybridized carbons (Fsp3) is 0.433. The largest absolute Gasteiger partial charge is 0.377 e. The standard InChI is InChI=1S/C30H37FN4O3/c1-23(36)33-28(21-26-11-5-6-12-27(26)31)30(37)35-17-13-25(14-18-35)29-32-15-19-34(29)16-7-8-20-38-22-24-9-3-2-4-10-24/h2-6,9-12,15,19,25,28H,7-8,13-14,16-18,20-22H2,1H3,(H,33,36). The van der Waals surface area contributed by atoms with E-state index in [1.54, 1.807) is 23.1 Å². The fourth-order valence-corrected chi connectivity index (χ4v) is 5.03. The monoisotopic (exact) mass is 520 g/mol. The summed E-state index contributed by atoms with van der Waals surface area (Å²) >= 11 is 0. The molecule has 3 aromatic rings. The van der Waals surface area contributed by atoms with E-state index in [1.807, 2.05) is 30.6 Å². The van der Waals surface area contributed by atoms with E-state index < -0.39 is 6.04 Å². The van der Waals surface area contributed by atoms with Crippen LogP contribution >= 0.6 is 0 Å². The van der Waals surface area contributed by atoms with Gasteiger partial charge in [0.2, 0.25) is 11.8 Å². The summed E-state index contributed by atoms with van der Waals surface area (Å²) in [6, 6.07) is 15.8. The number of likely N-dealkylation sites (tertiary alicyclic amines) is 1. The predicted octanol–water partition coefficient (Wildman–Crippen LogP) is 4.47. The number of carbonyl (C=O) groups is 2. The minimum Gasteiger partial charge on any atom is -0.377 e. The van der Waals surface area contributed by atoms with Crippen molar-refractivity contribution in [1.82, 2.24) is 19.8 Å². The van der Waals surface area contributed by atoms with Crippen LogP contribution in [0, 0.1) is 5.82 Å². The van der Waals surface area contributed by atoms with Crippen molar-refractivity contribution in [2.75, 3.05) is 19.7 Å². The second kappa shape index (κ2) is 13.9. The van der Waals surface area contributed by atoms with E-state index in [9.17, 15) is 14.0 Å². The number of unbranched alkanes of at least 4 members (excludes halogenated alkanes) is 1. The van der Waals surface area contributed by atoms with Gasteiger partial charge in [0, 0.05) is 57.9 Å². The highest BCUT2D eigenvalue weighted by Gasteiger charge is 2.31. The highest BCUT2D eigenvalue weighted by molar-refractivity contribution is 5.87. The minimum atomic E-state index is -0.785. The van der Waals surface area contributed by atoms with Crippen LogP contribution in [-0.4, -0.2) is 52.0 Å². The second-order valence-electron chi connectivity index (χ2n) is 9.87. The lowest BCUT2D eigenvalue weighted by atomic mass is 9.94. The molecule has 2 amide bonds. The lowest BCUT2D eigenvalue weighted by molar-refractivity contribution is -0.137. The molecule has 2 aromatic carbocycles. The molecule has 1 unspecified atom stereocenters. The smallest absolute Gasteiger partial charge is 0.245 e. The van der Waals surface area contributed by atoms with Crippen molar-refractivity contribution < 1.29 is 18.7 Å². The minimum absolute atomic E-state index is 0.129. The van der Waals surface area contributed by atoms with Crippen molar-refractivity contribution in [1.29, 1.82) is 0 Å². The molecule has 0 spiro atoms. The van der Waals surface area contributed by atoms with Crippen LogP contribution in [-0.2, 0) is 33.9 Å². The molecule has 1 aliphatic heterocycles. The molecule has 1 saturated heterocycles. The van der Waals surface area contributed by atoms with E-state index in [-0.39, 0.29) is 30.0 Å². The average Bonchev–Trinajstić information content (AvgIpc) is 3.40. The first-order chi connectivity index (χ1) is 18.5. The Labute approximate surface area is 224 Å². The first-order valence-electron chi connectivity index (χ1n) is 13.4. The topological polar surface area (TPSA) is 76.5 Å². The maximum atomic E-state index is 14.2. The Hall–Kier alpha value is -3.52. The van der Waals surface area contributed by atoms with Crippen molar-refractivity contribution in [2.24, 2.45) is 0 Å². The predicted molar refractivity (Wildman–Crippen MR) is 144 cm³/mol. The van der Waals surface area contributed by atoms with Gasteiger partial charge in [-0.05, 0) is 42.9 Å². The zero-order chi connectivity index (χ0) is 26.7. The Morgan fingerprint density at radius 2 is 1.82 bits per heavy atom. The maximum Gasteiger partial charge on any atom is 0.245 e. The van der Waals surface area contributed by atoms with Crippen molar-refractivity contribution in [3.05, 3.63) is 89.8 Å². The Kier molecular flexibility index (Phi) is 10.0. The molecule has 2 heterocycles. The molecule has 202 valence electrons. The summed E-state index contributed by atoms with van der Waals surface area (Å²) in [5.74, 6) is 0.494. The molecule has 1 atom stereocenters. The Morgan fingerprint density at radius 1 is 1.08 bits per heavy atom. The van der Waals surface area contributed by atoms with Crippen LogP contribution in [0.1, 0.15) is 55.5 Å². The molecule has 1 aliphatic rings. The highest BCUT2D eigenvalue weighted by atomic mass is 19.1. The lowest BCUT2D eigenvalue weighted by Gasteiger charge is -2.34. The molecule has 0 aliphatic carbocycles. The number of amides is 2. The van der Waals surface area contributed by atoms with E-state index in [0.717, 1.165) is 44.7 Å². The first-order valence-corrected chi connectivity index (χ1v) is 13.4. The number of rotatable bonds is 12. The zero-order valence-corrected chi connectivity index (χ0v) is 22.0. The molecule has 7 nitrogen and oxygen atoms in total. The van der Waals surface area contributed by atoms with Gasteiger partial charge in [0.05, 0.1) is 6.61 Å². The van der Waals surface area contributed by atoms with E-state index in [0.29, 0.717) is 25.3 Å². The molecule has 1 fully saturated rings. The summed E-state index contributed by atoms with van der Waals surface area (Å²) in [7, 11) is 0. The van der Waals surface area contributed by atoms with Gasteiger partial charge < -0.3 is 19.5 Å². The van der Waals surface area contributed by atoms with Gasteiger partial charge in [-0.2, -0.15) is 0 Å². The van der Waals surface area contributed by atoms with Gasteiger partial charge in [-0.3, -0.25) is 9.59 Å². The molecule has 0 radical (unpaired) electrons. The van der Waals surface area contributed by atoms with E-state index in [1.165, 1.54) is 18.6 Å². The summed E-state index contributed by atoms with van der Waals surface area (Å²) in [4.78, 5) is 31.5. The van der Waals surface area contributed by atoms with Crippen LogP contribution in [0.3, 0.4) is 0 Å². The first kappa shape index (κ1) is 27.5. The molecule has 1 N–H and O–H groups in total. The number of halogens is 1. The molecule has 8 heteroatoms. The number of aryl methyl sites for hydroxylation is 1. The number of hydrogen-bond acceptors (Lipinski definition) is 4.